The molecule has 118 valence electrons. The molecule has 5 nitrogen and oxygen atoms in total. The highest BCUT2D eigenvalue weighted by Gasteiger charge is 2.45. The first-order chi connectivity index (χ1) is 8.75. The van der Waals surface area contributed by atoms with Crippen LogP contribution in [0.3, 0.4) is 0 Å². The second-order valence-electron chi connectivity index (χ2n) is 7.85. The molecule has 1 aliphatic rings. The zero-order valence-electron chi connectivity index (χ0n) is 13.8. The second-order valence-corrected chi connectivity index (χ2v) is 7.85. The standard InChI is InChI=1S/C15H29NO4/c1-12(2,16)8-13(3,4)20-11(17)15(7)9-18-14(5,6)19-10-15/h8-10,16H2,1-7H3. The van der Waals surface area contributed by atoms with E-state index in [1.165, 1.54) is 0 Å². The molecule has 1 fully saturated rings. The molecule has 20 heavy (non-hydrogen) atoms. The molecule has 0 aromatic rings. The average molecular weight is 287 g/mol. The molecule has 0 amide bonds. The van der Waals surface area contributed by atoms with E-state index in [9.17, 15) is 4.79 Å². The Morgan fingerprint density at radius 2 is 1.60 bits per heavy atom. The second kappa shape index (κ2) is 5.28. The largest absolute Gasteiger partial charge is 0.459 e. The SMILES string of the molecule is CC(C)(N)CC(C)(C)OC(=O)C1(C)COC(C)(C)OC1. The first-order valence-electron chi connectivity index (χ1n) is 7.05. The third-order valence-corrected chi connectivity index (χ3v) is 3.22. The molecule has 1 heterocycles. The van der Waals surface area contributed by atoms with Gasteiger partial charge in [-0.3, -0.25) is 4.79 Å². The van der Waals surface area contributed by atoms with Crippen molar-refractivity contribution in [3.05, 3.63) is 0 Å². The number of nitrogens with two attached hydrogens (primary N) is 1. The van der Waals surface area contributed by atoms with Crippen molar-refractivity contribution < 1.29 is 19.0 Å². The van der Waals surface area contributed by atoms with Crippen molar-refractivity contribution in [3.63, 3.8) is 0 Å². The average Bonchev–Trinajstić information content (AvgIpc) is 2.18. The predicted molar refractivity (Wildman–Crippen MR) is 77.1 cm³/mol. The van der Waals surface area contributed by atoms with Crippen molar-refractivity contribution in [1.29, 1.82) is 0 Å². The number of hydrogen-bond donors (Lipinski definition) is 1. The fourth-order valence-electron chi connectivity index (χ4n) is 2.37. The summed E-state index contributed by atoms with van der Waals surface area (Å²) in [5, 5.41) is 0. The van der Waals surface area contributed by atoms with Crippen molar-refractivity contribution in [2.75, 3.05) is 13.2 Å². The lowest BCUT2D eigenvalue weighted by molar-refractivity contribution is -0.283. The number of rotatable bonds is 4. The van der Waals surface area contributed by atoms with Gasteiger partial charge in [-0.25, -0.2) is 0 Å². The maximum absolute atomic E-state index is 12.4. The monoisotopic (exact) mass is 287 g/mol. The third-order valence-electron chi connectivity index (χ3n) is 3.22. The molecule has 0 atom stereocenters. The van der Waals surface area contributed by atoms with E-state index in [1.54, 1.807) is 6.92 Å². The normalized spacial score (nSPS) is 22.4. The molecule has 0 spiro atoms. The van der Waals surface area contributed by atoms with Gasteiger partial charge in [0.2, 0.25) is 0 Å². The molecule has 0 saturated carbocycles. The Balaban J connectivity index is 2.67. The maximum atomic E-state index is 12.4. The topological polar surface area (TPSA) is 70.8 Å². The van der Waals surface area contributed by atoms with E-state index in [2.05, 4.69) is 0 Å². The van der Waals surface area contributed by atoms with Crippen LogP contribution in [0.25, 0.3) is 0 Å². The van der Waals surface area contributed by atoms with Crippen LogP contribution >= 0.6 is 0 Å². The van der Waals surface area contributed by atoms with E-state index in [1.807, 2.05) is 41.5 Å². The van der Waals surface area contributed by atoms with E-state index in [-0.39, 0.29) is 5.97 Å². The highest BCUT2D eigenvalue weighted by Crippen LogP contribution is 2.33. The predicted octanol–water partition coefficient (Wildman–Crippen LogP) is 2.22. The van der Waals surface area contributed by atoms with E-state index in [0.717, 1.165) is 0 Å². The van der Waals surface area contributed by atoms with Crippen LogP contribution < -0.4 is 5.73 Å². The van der Waals surface area contributed by atoms with Crippen LogP contribution in [-0.4, -0.2) is 36.1 Å². The van der Waals surface area contributed by atoms with E-state index >= 15 is 0 Å². The number of esters is 1. The Labute approximate surface area is 122 Å². The van der Waals surface area contributed by atoms with Gasteiger partial charge in [0, 0.05) is 12.0 Å². The molecule has 5 heteroatoms. The Hall–Kier alpha value is -0.650. The van der Waals surface area contributed by atoms with Crippen LogP contribution in [0.5, 0.6) is 0 Å². The number of hydrogen-bond acceptors (Lipinski definition) is 5. The van der Waals surface area contributed by atoms with Gasteiger partial charge < -0.3 is 19.9 Å². The van der Waals surface area contributed by atoms with Crippen molar-refractivity contribution in [1.82, 2.24) is 0 Å². The fourth-order valence-corrected chi connectivity index (χ4v) is 2.37. The first-order valence-corrected chi connectivity index (χ1v) is 7.05. The summed E-state index contributed by atoms with van der Waals surface area (Å²) >= 11 is 0. The lowest BCUT2D eigenvalue weighted by Crippen LogP contribution is -2.52. The Morgan fingerprint density at radius 3 is 2.00 bits per heavy atom. The Kier molecular flexibility index (Phi) is 4.59. The Morgan fingerprint density at radius 1 is 1.15 bits per heavy atom. The summed E-state index contributed by atoms with van der Waals surface area (Å²) in [6, 6.07) is 0. The van der Waals surface area contributed by atoms with Gasteiger partial charge in [0.25, 0.3) is 0 Å². The van der Waals surface area contributed by atoms with Gasteiger partial charge in [-0.05, 0) is 48.5 Å². The van der Waals surface area contributed by atoms with Gasteiger partial charge in [-0.15, -0.1) is 0 Å². The molecule has 1 aliphatic heterocycles. The highest BCUT2D eigenvalue weighted by atomic mass is 16.7. The molecular formula is C15H29NO4. The number of carbonyl (C=O) groups excluding carboxylic acids is 1. The van der Waals surface area contributed by atoms with Crippen molar-refractivity contribution >= 4 is 5.97 Å². The molecule has 1 rings (SSSR count). The van der Waals surface area contributed by atoms with E-state index < -0.39 is 22.3 Å². The third kappa shape index (κ3) is 5.04. The van der Waals surface area contributed by atoms with Crippen LogP contribution in [0.15, 0.2) is 0 Å². The smallest absolute Gasteiger partial charge is 0.317 e. The van der Waals surface area contributed by atoms with Crippen LogP contribution in [0, 0.1) is 5.41 Å². The minimum absolute atomic E-state index is 0.293. The van der Waals surface area contributed by atoms with Crippen LogP contribution in [0.1, 0.15) is 54.9 Å². The molecule has 0 aromatic carbocycles. The maximum Gasteiger partial charge on any atom is 0.317 e. The zero-order valence-corrected chi connectivity index (χ0v) is 13.8. The molecule has 1 saturated heterocycles. The first kappa shape index (κ1) is 17.4. The van der Waals surface area contributed by atoms with Crippen LogP contribution in [0.2, 0.25) is 0 Å². The lowest BCUT2D eigenvalue weighted by atomic mass is 9.88. The van der Waals surface area contributed by atoms with Crippen molar-refractivity contribution in [2.24, 2.45) is 11.1 Å². The number of ether oxygens (including phenoxy) is 3. The fraction of sp³-hybridized carbons (Fsp3) is 0.933. The summed E-state index contributed by atoms with van der Waals surface area (Å²) in [7, 11) is 0. The molecule has 0 aliphatic carbocycles. The van der Waals surface area contributed by atoms with Crippen molar-refractivity contribution in [2.45, 2.75) is 71.8 Å². The summed E-state index contributed by atoms with van der Waals surface area (Å²) < 4.78 is 16.8. The van der Waals surface area contributed by atoms with Gasteiger partial charge >= 0.3 is 5.97 Å². The van der Waals surface area contributed by atoms with Crippen molar-refractivity contribution in [3.8, 4) is 0 Å². The minimum Gasteiger partial charge on any atom is -0.459 e. The minimum atomic E-state index is -0.772. The van der Waals surface area contributed by atoms with Crippen LogP contribution in [-0.2, 0) is 19.0 Å². The quantitative estimate of drug-likeness (QED) is 0.803. The van der Waals surface area contributed by atoms with Crippen LogP contribution in [0.4, 0.5) is 0 Å². The van der Waals surface area contributed by atoms with Gasteiger partial charge in [0.1, 0.15) is 11.0 Å². The Bertz CT molecular complexity index is 359. The highest BCUT2D eigenvalue weighted by molar-refractivity contribution is 5.77. The van der Waals surface area contributed by atoms with Gasteiger partial charge in [-0.1, -0.05) is 0 Å². The molecule has 0 bridgehead atoms. The molecular weight excluding hydrogens is 258 g/mol. The lowest BCUT2D eigenvalue weighted by Gasteiger charge is -2.41. The summed E-state index contributed by atoms with van der Waals surface area (Å²) in [4.78, 5) is 12.4. The molecule has 2 N–H and O–H groups in total. The summed E-state index contributed by atoms with van der Waals surface area (Å²) in [6.07, 6.45) is 0.578. The summed E-state index contributed by atoms with van der Waals surface area (Å²) in [5.41, 5.74) is 4.21. The van der Waals surface area contributed by atoms with Gasteiger partial charge in [-0.2, -0.15) is 0 Å². The number of carbonyl (C=O) groups is 1. The molecule has 0 aromatic heterocycles. The zero-order chi connectivity index (χ0) is 15.8. The summed E-state index contributed by atoms with van der Waals surface area (Å²) in [6.45, 7) is 13.6. The molecule has 0 unspecified atom stereocenters. The summed E-state index contributed by atoms with van der Waals surface area (Å²) in [5.74, 6) is -0.948. The molecule has 0 radical (unpaired) electrons. The van der Waals surface area contributed by atoms with Gasteiger partial charge in [0.05, 0.1) is 13.2 Å². The van der Waals surface area contributed by atoms with Gasteiger partial charge in [0.15, 0.2) is 5.79 Å². The van der Waals surface area contributed by atoms with E-state index in [0.29, 0.717) is 19.6 Å². The van der Waals surface area contributed by atoms with E-state index in [4.69, 9.17) is 19.9 Å².